The van der Waals surface area contributed by atoms with Crippen LogP contribution in [-0.2, 0) is 9.53 Å². The number of rotatable bonds is 1. The number of benzene rings is 2. The zero-order valence-corrected chi connectivity index (χ0v) is 14.4. The lowest BCUT2D eigenvalue weighted by molar-refractivity contribution is -0.212. The predicted molar refractivity (Wildman–Crippen MR) is 96.1 cm³/mol. The normalized spacial score (nSPS) is 24.7. The molecule has 0 bridgehead atoms. The number of ketones is 2. The van der Waals surface area contributed by atoms with Crippen LogP contribution in [0.3, 0.4) is 0 Å². The Morgan fingerprint density at radius 2 is 1.65 bits per heavy atom. The van der Waals surface area contributed by atoms with Gasteiger partial charge in [-0.2, -0.15) is 0 Å². The minimum atomic E-state index is -2.50. The summed E-state index contributed by atoms with van der Waals surface area (Å²) in [6.45, 7) is 0. The number of carbonyl (C=O) groups excluding carboxylic acids is 2. The van der Waals surface area contributed by atoms with Gasteiger partial charge in [0.15, 0.2) is 17.7 Å². The molecule has 0 fully saturated rings. The Hall–Kier alpha value is -2.51. The highest BCUT2D eigenvalue weighted by Crippen LogP contribution is 2.44. The number of hydrogen-bond donors (Lipinski definition) is 3. The predicted octanol–water partition coefficient (Wildman–Crippen LogP) is 1.93. The van der Waals surface area contributed by atoms with E-state index in [1.165, 1.54) is 0 Å². The van der Waals surface area contributed by atoms with E-state index in [-0.39, 0.29) is 34.7 Å². The topological polar surface area (TPSA) is 104 Å². The second-order valence-corrected chi connectivity index (χ2v) is 6.06. The van der Waals surface area contributed by atoms with Crippen LogP contribution < -0.4 is 0 Å². The highest BCUT2D eigenvalue weighted by atomic mass is 35.5. The van der Waals surface area contributed by atoms with E-state index >= 15 is 0 Å². The van der Waals surface area contributed by atoms with E-state index in [0.29, 0.717) is 0 Å². The number of halogens is 1. The SMILES string of the molecule is COC1(O)C2=C(O)c3cc4ccccc4cc3C(=O)C2=CC(=O)C1O.Cl. The van der Waals surface area contributed by atoms with Gasteiger partial charge in [0, 0.05) is 23.8 Å². The first-order chi connectivity index (χ1) is 11.9. The van der Waals surface area contributed by atoms with Gasteiger partial charge in [-0.25, -0.2) is 0 Å². The average molecular weight is 375 g/mol. The second-order valence-electron chi connectivity index (χ2n) is 6.06. The highest BCUT2D eigenvalue weighted by Gasteiger charge is 2.53. The summed E-state index contributed by atoms with van der Waals surface area (Å²) >= 11 is 0. The maximum Gasteiger partial charge on any atom is 0.231 e. The van der Waals surface area contributed by atoms with Gasteiger partial charge in [0.05, 0.1) is 5.57 Å². The van der Waals surface area contributed by atoms with Crippen LogP contribution in [0.4, 0.5) is 0 Å². The van der Waals surface area contributed by atoms with Crippen LogP contribution in [-0.4, -0.2) is 45.9 Å². The molecule has 26 heavy (non-hydrogen) atoms. The van der Waals surface area contributed by atoms with Crippen molar-refractivity contribution in [3.05, 3.63) is 64.7 Å². The third-order valence-electron chi connectivity index (χ3n) is 4.73. The van der Waals surface area contributed by atoms with Crippen LogP contribution in [0, 0.1) is 0 Å². The monoisotopic (exact) mass is 374 g/mol. The Morgan fingerprint density at radius 1 is 1.08 bits per heavy atom. The number of ether oxygens (including phenoxy) is 1. The van der Waals surface area contributed by atoms with Gasteiger partial charge < -0.3 is 20.1 Å². The summed E-state index contributed by atoms with van der Waals surface area (Å²) in [5, 5.41) is 33.0. The first kappa shape index (κ1) is 18.3. The Morgan fingerprint density at radius 3 is 2.23 bits per heavy atom. The van der Waals surface area contributed by atoms with E-state index in [2.05, 4.69) is 0 Å². The van der Waals surface area contributed by atoms with Crippen LogP contribution in [0.5, 0.6) is 0 Å². The minimum Gasteiger partial charge on any atom is -0.507 e. The lowest BCUT2D eigenvalue weighted by Crippen LogP contribution is -2.54. The molecule has 0 amide bonds. The van der Waals surface area contributed by atoms with Crippen molar-refractivity contribution in [2.45, 2.75) is 11.9 Å². The first-order valence-electron chi connectivity index (χ1n) is 7.61. The maximum absolute atomic E-state index is 12.9. The smallest absolute Gasteiger partial charge is 0.231 e. The summed E-state index contributed by atoms with van der Waals surface area (Å²) in [4.78, 5) is 24.9. The molecule has 0 radical (unpaired) electrons. The van der Waals surface area contributed by atoms with Crippen molar-refractivity contribution in [1.82, 2.24) is 0 Å². The number of hydrogen-bond acceptors (Lipinski definition) is 6. The van der Waals surface area contributed by atoms with Crippen LogP contribution >= 0.6 is 12.4 Å². The van der Waals surface area contributed by atoms with E-state index in [1.54, 1.807) is 12.1 Å². The summed E-state index contributed by atoms with van der Waals surface area (Å²) in [6, 6.07) is 10.6. The molecule has 0 aromatic heterocycles. The van der Waals surface area contributed by atoms with Gasteiger partial charge in [0.1, 0.15) is 5.76 Å². The number of carbonyl (C=O) groups is 2. The lowest BCUT2D eigenvalue weighted by Gasteiger charge is -2.38. The Kier molecular flexibility index (Phi) is 4.24. The van der Waals surface area contributed by atoms with Crippen molar-refractivity contribution in [2.75, 3.05) is 7.11 Å². The summed E-state index contributed by atoms with van der Waals surface area (Å²) in [5.41, 5.74) is -0.0449. The molecule has 0 aliphatic heterocycles. The zero-order chi connectivity index (χ0) is 17.9. The van der Waals surface area contributed by atoms with E-state index in [0.717, 1.165) is 24.0 Å². The molecule has 2 aromatic rings. The van der Waals surface area contributed by atoms with Crippen molar-refractivity contribution < 1.29 is 29.6 Å². The fourth-order valence-corrected chi connectivity index (χ4v) is 3.41. The van der Waals surface area contributed by atoms with Gasteiger partial charge in [-0.05, 0) is 29.0 Å². The van der Waals surface area contributed by atoms with Gasteiger partial charge in [0.25, 0.3) is 0 Å². The Bertz CT molecular complexity index is 1020. The molecule has 3 N–H and O–H groups in total. The molecule has 134 valence electrons. The molecule has 0 saturated heterocycles. The van der Waals surface area contributed by atoms with Crippen LogP contribution in [0.25, 0.3) is 16.5 Å². The summed E-state index contributed by atoms with van der Waals surface area (Å²) in [5.74, 6) is -4.29. The van der Waals surface area contributed by atoms with Gasteiger partial charge in [-0.1, -0.05) is 24.3 Å². The Labute approximate surface area is 154 Å². The largest absolute Gasteiger partial charge is 0.507 e. The third kappa shape index (κ3) is 2.24. The molecule has 0 spiro atoms. The quantitative estimate of drug-likeness (QED) is 0.659. The summed E-state index contributed by atoms with van der Waals surface area (Å²) < 4.78 is 4.93. The molecule has 2 aromatic carbocycles. The number of fused-ring (bicyclic) bond motifs is 3. The van der Waals surface area contributed by atoms with Crippen LogP contribution in [0.2, 0.25) is 0 Å². The molecule has 6 nitrogen and oxygen atoms in total. The Balaban J connectivity index is 0.00000196. The van der Waals surface area contributed by atoms with E-state index in [9.17, 15) is 24.9 Å². The molecular weight excluding hydrogens is 360 g/mol. The standard InChI is InChI=1S/C19H14O6.ClH/c1-25-19(24)15-13(8-14(20)18(19)23)16(21)11-6-9-4-2-3-5-10(9)7-12(11)17(15)22;/h2-8,18,22-24H,1H3;1H. The fourth-order valence-electron chi connectivity index (χ4n) is 3.41. The minimum absolute atomic E-state index is 0. The molecule has 2 aliphatic rings. The van der Waals surface area contributed by atoms with Crippen molar-refractivity contribution in [2.24, 2.45) is 0 Å². The molecule has 0 heterocycles. The molecule has 4 rings (SSSR count). The summed E-state index contributed by atoms with van der Waals surface area (Å²) in [6.07, 6.45) is -1.00. The van der Waals surface area contributed by atoms with Gasteiger partial charge in [0.2, 0.25) is 5.79 Å². The van der Waals surface area contributed by atoms with Gasteiger partial charge in [-0.15, -0.1) is 12.4 Å². The van der Waals surface area contributed by atoms with Gasteiger partial charge >= 0.3 is 0 Å². The second kappa shape index (κ2) is 6.03. The highest BCUT2D eigenvalue weighted by molar-refractivity contribution is 6.23. The van der Waals surface area contributed by atoms with E-state index < -0.39 is 29.2 Å². The molecule has 2 unspecified atom stereocenters. The maximum atomic E-state index is 12.9. The number of aliphatic hydroxyl groups is 3. The first-order valence-corrected chi connectivity index (χ1v) is 7.61. The van der Waals surface area contributed by atoms with Crippen LogP contribution in [0.1, 0.15) is 15.9 Å². The number of Topliss-reactive ketones (excluding diaryl/α,β-unsaturated/α-hetero) is 1. The number of aliphatic hydroxyl groups excluding tert-OH is 2. The third-order valence-corrected chi connectivity index (χ3v) is 4.73. The van der Waals surface area contributed by atoms with Crippen molar-refractivity contribution in [3.8, 4) is 0 Å². The molecule has 0 saturated carbocycles. The van der Waals surface area contributed by atoms with Crippen molar-refractivity contribution >= 4 is 40.5 Å². The van der Waals surface area contributed by atoms with Crippen molar-refractivity contribution in [1.29, 1.82) is 0 Å². The summed E-state index contributed by atoms with van der Waals surface area (Å²) in [7, 11) is 1.08. The molecule has 2 aliphatic carbocycles. The molecule has 7 heteroatoms. The lowest BCUT2D eigenvalue weighted by atomic mass is 9.75. The van der Waals surface area contributed by atoms with Crippen molar-refractivity contribution in [3.63, 3.8) is 0 Å². The number of methoxy groups -OCH3 is 1. The zero-order valence-electron chi connectivity index (χ0n) is 13.6. The molecular formula is C19H15ClO6. The van der Waals surface area contributed by atoms with Gasteiger partial charge in [-0.3, -0.25) is 9.59 Å². The fraction of sp³-hybridized carbons (Fsp3) is 0.158. The van der Waals surface area contributed by atoms with E-state index in [1.807, 2.05) is 24.3 Å². The van der Waals surface area contributed by atoms with E-state index in [4.69, 9.17) is 4.74 Å². The van der Waals surface area contributed by atoms with Crippen LogP contribution in [0.15, 0.2) is 53.6 Å². The average Bonchev–Trinajstić information content (AvgIpc) is 2.62. The molecule has 2 atom stereocenters.